The van der Waals surface area contributed by atoms with Gasteiger partial charge in [0.05, 0.1) is 13.2 Å². The topological polar surface area (TPSA) is 32.8 Å². The third kappa shape index (κ3) is 4.65. The summed E-state index contributed by atoms with van der Waals surface area (Å²) in [6.45, 7) is 13.5. The number of aryl methyl sites for hydroxylation is 2. The van der Waals surface area contributed by atoms with Crippen LogP contribution in [-0.2, 0) is 11.3 Å². The van der Waals surface area contributed by atoms with Crippen LogP contribution in [0.1, 0.15) is 39.5 Å². The monoisotopic (exact) mass is 332 g/mol. The van der Waals surface area contributed by atoms with Gasteiger partial charge in [0.25, 0.3) is 0 Å². The molecule has 1 aliphatic heterocycles. The molecule has 1 aliphatic rings. The van der Waals surface area contributed by atoms with Gasteiger partial charge in [0.2, 0.25) is 0 Å². The average molecular weight is 332 g/mol. The number of rotatable bonds is 5. The molecule has 0 saturated carbocycles. The van der Waals surface area contributed by atoms with Gasteiger partial charge in [0, 0.05) is 37.7 Å². The van der Waals surface area contributed by atoms with E-state index in [0.717, 1.165) is 56.1 Å². The molecule has 0 unspecified atom stereocenters. The first kappa shape index (κ1) is 19.1. The molecule has 4 nitrogen and oxygen atoms in total. The van der Waals surface area contributed by atoms with Crippen LogP contribution in [0.4, 0.5) is 0 Å². The molecule has 1 aromatic rings. The largest absolute Gasteiger partial charge is 0.380 e. The van der Waals surface area contributed by atoms with Crippen LogP contribution >= 0.6 is 0 Å². The zero-order chi connectivity index (χ0) is 17.9. The minimum absolute atomic E-state index is 0.163. The van der Waals surface area contributed by atoms with Crippen molar-refractivity contribution in [3.05, 3.63) is 33.9 Å². The molecule has 4 heteroatoms. The Balaban J connectivity index is 2.23. The molecule has 0 aliphatic carbocycles. The van der Waals surface area contributed by atoms with E-state index in [-0.39, 0.29) is 5.78 Å². The van der Waals surface area contributed by atoms with E-state index in [1.54, 1.807) is 6.92 Å². The van der Waals surface area contributed by atoms with Gasteiger partial charge in [-0.15, -0.1) is 0 Å². The summed E-state index contributed by atoms with van der Waals surface area (Å²) < 4.78 is 5.80. The average Bonchev–Trinajstić information content (AvgIpc) is 2.67. The maximum absolute atomic E-state index is 12.0. The molecular weight excluding hydrogens is 300 g/mol. The number of hydrogen-bond donors (Lipinski definition) is 0. The zero-order valence-electron chi connectivity index (χ0n) is 16.1. The Morgan fingerprint density at radius 3 is 2.62 bits per heavy atom. The number of carbonyl (C=O) groups is 1. The predicted molar refractivity (Wildman–Crippen MR) is 98.8 cm³/mol. The summed E-state index contributed by atoms with van der Waals surface area (Å²) in [7, 11) is 4.23. The van der Waals surface area contributed by atoms with Gasteiger partial charge >= 0.3 is 0 Å². The summed E-state index contributed by atoms with van der Waals surface area (Å²) in [6, 6.07) is 2.16. The van der Waals surface area contributed by atoms with E-state index in [1.165, 1.54) is 11.1 Å². The number of ether oxygens (including phenoxy) is 1. The molecule has 24 heavy (non-hydrogen) atoms. The zero-order valence-corrected chi connectivity index (χ0v) is 16.1. The number of ketones is 1. The number of nitrogens with zero attached hydrogens (tertiary/aromatic N) is 2. The van der Waals surface area contributed by atoms with Crippen LogP contribution in [0.3, 0.4) is 0 Å². The third-order valence-electron chi connectivity index (χ3n) is 4.91. The molecule has 1 heterocycles. The van der Waals surface area contributed by atoms with Crippen molar-refractivity contribution >= 4 is 5.78 Å². The Hall–Kier alpha value is -1.23. The molecule has 0 N–H and O–H groups in total. The van der Waals surface area contributed by atoms with Crippen LogP contribution < -0.4 is 0 Å². The standard InChI is InChI=1S/C20H32N2O2/c1-14-9-15(2)20(17(4)23)16(3)19(14)12-22-7-8-24-13-18(11-22)10-21(5)6/h9,18H,7-8,10-13H2,1-6H3/t18-/m1/s1. The highest BCUT2D eigenvalue weighted by Gasteiger charge is 2.22. The SMILES string of the molecule is CC(=O)c1c(C)cc(C)c(CN2CCOC[C@H](CN(C)C)C2)c1C. The van der Waals surface area contributed by atoms with E-state index in [0.29, 0.717) is 5.92 Å². The molecule has 1 saturated heterocycles. The van der Waals surface area contributed by atoms with Crippen LogP contribution in [0, 0.1) is 26.7 Å². The number of Topliss-reactive ketones (excluding diaryl/α,β-unsaturated/α-hetero) is 1. The molecule has 1 aromatic carbocycles. The molecule has 2 rings (SSSR count). The quantitative estimate of drug-likeness (QED) is 0.776. The third-order valence-corrected chi connectivity index (χ3v) is 4.91. The van der Waals surface area contributed by atoms with Crippen molar-refractivity contribution in [2.45, 2.75) is 34.2 Å². The second-order valence-electron chi connectivity index (χ2n) is 7.48. The second kappa shape index (κ2) is 8.24. The Morgan fingerprint density at radius 2 is 2.00 bits per heavy atom. The van der Waals surface area contributed by atoms with Gasteiger partial charge in [-0.1, -0.05) is 6.07 Å². The molecule has 0 aromatic heterocycles. The van der Waals surface area contributed by atoms with Gasteiger partial charge < -0.3 is 9.64 Å². The summed E-state index contributed by atoms with van der Waals surface area (Å²) in [5, 5.41) is 0. The number of hydrogen-bond acceptors (Lipinski definition) is 4. The molecule has 0 amide bonds. The normalized spacial score (nSPS) is 19.5. The van der Waals surface area contributed by atoms with Crippen LogP contribution in [-0.4, -0.2) is 62.5 Å². The van der Waals surface area contributed by atoms with Gasteiger partial charge in [-0.25, -0.2) is 0 Å². The van der Waals surface area contributed by atoms with Crippen molar-refractivity contribution < 1.29 is 9.53 Å². The van der Waals surface area contributed by atoms with Gasteiger partial charge in [0.1, 0.15) is 0 Å². The smallest absolute Gasteiger partial charge is 0.160 e. The lowest BCUT2D eigenvalue weighted by molar-refractivity contribution is 0.101. The van der Waals surface area contributed by atoms with Gasteiger partial charge in [0.15, 0.2) is 5.78 Å². The summed E-state index contributed by atoms with van der Waals surface area (Å²) >= 11 is 0. The maximum atomic E-state index is 12.0. The summed E-state index contributed by atoms with van der Waals surface area (Å²) in [5.74, 6) is 0.691. The highest BCUT2D eigenvalue weighted by atomic mass is 16.5. The lowest BCUT2D eigenvalue weighted by Gasteiger charge is -2.27. The fraction of sp³-hybridized carbons (Fsp3) is 0.650. The first-order valence-corrected chi connectivity index (χ1v) is 8.85. The molecular formula is C20H32N2O2. The van der Waals surface area contributed by atoms with Crippen molar-refractivity contribution in [3.8, 4) is 0 Å². The molecule has 134 valence electrons. The lowest BCUT2D eigenvalue weighted by atomic mass is 9.91. The van der Waals surface area contributed by atoms with Gasteiger partial charge in [-0.2, -0.15) is 0 Å². The highest BCUT2D eigenvalue weighted by molar-refractivity contribution is 5.97. The first-order valence-electron chi connectivity index (χ1n) is 8.85. The molecule has 0 radical (unpaired) electrons. The summed E-state index contributed by atoms with van der Waals surface area (Å²) in [5.41, 5.74) is 5.72. The lowest BCUT2D eigenvalue weighted by Crippen LogP contribution is -2.34. The Kier molecular flexibility index (Phi) is 6.55. The Bertz CT molecular complexity index is 596. The van der Waals surface area contributed by atoms with Gasteiger partial charge in [-0.3, -0.25) is 9.69 Å². The van der Waals surface area contributed by atoms with E-state index < -0.39 is 0 Å². The van der Waals surface area contributed by atoms with E-state index >= 15 is 0 Å². The maximum Gasteiger partial charge on any atom is 0.160 e. The predicted octanol–water partition coefficient (Wildman–Crippen LogP) is 2.82. The van der Waals surface area contributed by atoms with E-state index in [1.807, 2.05) is 6.92 Å². The van der Waals surface area contributed by atoms with E-state index in [2.05, 4.69) is 43.8 Å². The van der Waals surface area contributed by atoms with Crippen LogP contribution in [0.25, 0.3) is 0 Å². The van der Waals surface area contributed by atoms with Crippen molar-refractivity contribution in [1.29, 1.82) is 0 Å². The van der Waals surface area contributed by atoms with Crippen LogP contribution in [0.5, 0.6) is 0 Å². The molecule has 1 fully saturated rings. The van der Waals surface area contributed by atoms with Crippen molar-refractivity contribution in [2.75, 3.05) is 46.9 Å². The van der Waals surface area contributed by atoms with Gasteiger partial charge in [-0.05, 0) is 64.0 Å². The molecule has 0 bridgehead atoms. The van der Waals surface area contributed by atoms with E-state index in [4.69, 9.17) is 4.74 Å². The first-order chi connectivity index (χ1) is 11.3. The second-order valence-corrected chi connectivity index (χ2v) is 7.48. The highest BCUT2D eigenvalue weighted by Crippen LogP contribution is 2.25. The fourth-order valence-corrected chi connectivity index (χ4v) is 3.96. The van der Waals surface area contributed by atoms with Crippen molar-refractivity contribution in [3.63, 3.8) is 0 Å². The minimum Gasteiger partial charge on any atom is -0.380 e. The summed E-state index contributed by atoms with van der Waals surface area (Å²) in [6.07, 6.45) is 0. The van der Waals surface area contributed by atoms with E-state index in [9.17, 15) is 4.79 Å². The Morgan fingerprint density at radius 1 is 1.29 bits per heavy atom. The summed E-state index contributed by atoms with van der Waals surface area (Å²) in [4.78, 5) is 16.7. The minimum atomic E-state index is 0.163. The van der Waals surface area contributed by atoms with Crippen molar-refractivity contribution in [2.24, 2.45) is 5.92 Å². The van der Waals surface area contributed by atoms with Crippen LogP contribution in [0.2, 0.25) is 0 Å². The molecule has 1 atom stereocenters. The number of benzene rings is 1. The number of carbonyl (C=O) groups excluding carboxylic acids is 1. The Labute approximate surface area is 146 Å². The van der Waals surface area contributed by atoms with Crippen LogP contribution in [0.15, 0.2) is 6.07 Å². The van der Waals surface area contributed by atoms with Crippen molar-refractivity contribution in [1.82, 2.24) is 9.80 Å². The molecule has 0 spiro atoms. The fourth-order valence-electron chi connectivity index (χ4n) is 3.96.